The zero-order chi connectivity index (χ0) is 17.0. The lowest BCUT2D eigenvalue weighted by Crippen LogP contribution is -2.46. The summed E-state index contributed by atoms with van der Waals surface area (Å²) in [6.07, 6.45) is 6.66. The van der Waals surface area contributed by atoms with Crippen molar-refractivity contribution < 1.29 is 9.53 Å². The number of amides is 1. The maximum Gasteiger partial charge on any atom is 0.225 e. The van der Waals surface area contributed by atoms with Gasteiger partial charge in [-0.3, -0.25) is 4.79 Å². The van der Waals surface area contributed by atoms with Crippen LogP contribution in [-0.4, -0.2) is 31.7 Å². The van der Waals surface area contributed by atoms with E-state index in [1.54, 1.807) is 0 Å². The van der Waals surface area contributed by atoms with E-state index >= 15 is 0 Å². The van der Waals surface area contributed by atoms with Crippen molar-refractivity contribution in [3.05, 3.63) is 34.3 Å². The largest absolute Gasteiger partial charge is 0.376 e. The fourth-order valence-corrected chi connectivity index (χ4v) is 4.43. The monoisotopic (exact) mass is 394 g/mol. The SMILES string of the molecule is NCC1OCCC1C(=O)NCC1(c2ccc(Br)cc2)CCCCC1. The Balaban J connectivity index is 1.70. The van der Waals surface area contributed by atoms with E-state index in [0.717, 1.165) is 23.7 Å². The molecule has 1 saturated heterocycles. The number of ether oxygens (including phenoxy) is 1. The molecule has 1 amide bonds. The van der Waals surface area contributed by atoms with Gasteiger partial charge >= 0.3 is 0 Å². The molecule has 4 nitrogen and oxygen atoms in total. The Morgan fingerprint density at radius 2 is 1.96 bits per heavy atom. The fourth-order valence-electron chi connectivity index (χ4n) is 4.17. The summed E-state index contributed by atoms with van der Waals surface area (Å²) in [4.78, 5) is 12.6. The molecule has 2 unspecified atom stereocenters. The molecule has 1 aliphatic heterocycles. The van der Waals surface area contributed by atoms with Gasteiger partial charge in [-0.1, -0.05) is 47.3 Å². The van der Waals surface area contributed by atoms with Crippen LogP contribution in [0.5, 0.6) is 0 Å². The second kappa shape index (κ2) is 7.98. The van der Waals surface area contributed by atoms with Crippen LogP contribution in [0.25, 0.3) is 0 Å². The van der Waals surface area contributed by atoms with Crippen molar-refractivity contribution in [2.75, 3.05) is 19.7 Å². The van der Waals surface area contributed by atoms with Crippen molar-refractivity contribution in [2.24, 2.45) is 11.7 Å². The van der Waals surface area contributed by atoms with Gasteiger partial charge in [0.1, 0.15) is 0 Å². The van der Waals surface area contributed by atoms with E-state index < -0.39 is 0 Å². The molecule has 1 aromatic rings. The van der Waals surface area contributed by atoms with Gasteiger partial charge in [-0.15, -0.1) is 0 Å². The molecule has 2 atom stereocenters. The standard InChI is InChI=1S/C19H27BrN2O2/c20-15-6-4-14(5-7-15)19(9-2-1-3-10-19)13-22-18(23)16-8-11-24-17(16)12-21/h4-7,16-17H,1-3,8-13,21H2,(H,22,23). The molecule has 132 valence electrons. The molecule has 2 fully saturated rings. The van der Waals surface area contributed by atoms with E-state index in [1.807, 2.05) is 0 Å². The zero-order valence-corrected chi connectivity index (χ0v) is 15.7. The quantitative estimate of drug-likeness (QED) is 0.805. The first-order chi connectivity index (χ1) is 11.6. The van der Waals surface area contributed by atoms with Crippen LogP contribution in [0.15, 0.2) is 28.7 Å². The first-order valence-electron chi connectivity index (χ1n) is 9.00. The summed E-state index contributed by atoms with van der Waals surface area (Å²) >= 11 is 3.51. The van der Waals surface area contributed by atoms with Gasteiger partial charge in [0.05, 0.1) is 12.0 Å². The number of halogens is 1. The lowest BCUT2D eigenvalue weighted by molar-refractivity contribution is -0.126. The number of nitrogens with two attached hydrogens (primary N) is 1. The molecule has 1 aromatic carbocycles. The minimum atomic E-state index is -0.125. The molecule has 0 radical (unpaired) electrons. The Bertz CT molecular complexity index is 555. The van der Waals surface area contributed by atoms with Gasteiger partial charge < -0.3 is 15.8 Å². The van der Waals surface area contributed by atoms with Crippen LogP contribution in [0.4, 0.5) is 0 Å². The van der Waals surface area contributed by atoms with Gasteiger partial charge in [0.25, 0.3) is 0 Å². The third-order valence-electron chi connectivity index (χ3n) is 5.65. The highest BCUT2D eigenvalue weighted by molar-refractivity contribution is 9.10. The Morgan fingerprint density at radius 1 is 1.25 bits per heavy atom. The summed E-state index contributed by atoms with van der Waals surface area (Å²) in [5.41, 5.74) is 7.12. The molecule has 1 heterocycles. The molecule has 2 aliphatic rings. The molecular formula is C19H27BrN2O2. The van der Waals surface area contributed by atoms with Crippen molar-refractivity contribution in [1.29, 1.82) is 0 Å². The van der Waals surface area contributed by atoms with Crippen molar-refractivity contribution in [2.45, 2.75) is 50.0 Å². The predicted molar refractivity (Wildman–Crippen MR) is 98.8 cm³/mol. The van der Waals surface area contributed by atoms with Crippen LogP contribution in [0.3, 0.4) is 0 Å². The second-order valence-electron chi connectivity index (χ2n) is 7.11. The maximum absolute atomic E-state index is 12.6. The number of benzene rings is 1. The van der Waals surface area contributed by atoms with E-state index in [-0.39, 0.29) is 23.3 Å². The number of hydrogen-bond acceptors (Lipinski definition) is 3. The van der Waals surface area contributed by atoms with E-state index in [9.17, 15) is 4.79 Å². The smallest absolute Gasteiger partial charge is 0.225 e. The van der Waals surface area contributed by atoms with E-state index in [0.29, 0.717) is 19.7 Å². The van der Waals surface area contributed by atoms with Gasteiger partial charge in [-0.25, -0.2) is 0 Å². The van der Waals surface area contributed by atoms with Crippen LogP contribution >= 0.6 is 15.9 Å². The van der Waals surface area contributed by atoms with Gasteiger partial charge in [-0.05, 0) is 37.0 Å². The summed E-state index contributed by atoms with van der Waals surface area (Å²) in [5, 5.41) is 3.23. The first kappa shape index (κ1) is 17.9. The second-order valence-corrected chi connectivity index (χ2v) is 8.02. The first-order valence-corrected chi connectivity index (χ1v) is 9.79. The highest BCUT2D eigenvalue weighted by Gasteiger charge is 2.37. The average molecular weight is 395 g/mol. The Hall–Kier alpha value is -0.910. The van der Waals surface area contributed by atoms with Crippen LogP contribution in [0.1, 0.15) is 44.1 Å². The molecule has 1 aliphatic carbocycles. The third-order valence-corrected chi connectivity index (χ3v) is 6.18. The maximum atomic E-state index is 12.6. The number of rotatable bonds is 5. The Kier molecular flexibility index (Phi) is 5.95. The third kappa shape index (κ3) is 3.84. The Labute approximate surface area is 152 Å². The number of hydrogen-bond donors (Lipinski definition) is 2. The van der Waals surface area contributed by atoms with E-state index in [4.69, 9.17) is 10.5 Å². The fraction of sp³-hybridized carbons (Fsp3) is 0.632. The topological polar surface area (TPSA) is 64.3 Å². The minimum absolute atomic E-state index is 0.0618. The lowest BCUT2D eigenvalue weighted by Gasteiger charge is -2.38. The van der Waals surface area contributed by atoms with E-state index in [2.05, 4.69) is 45.5 Å². The van der Waals surface area contributed by atoms with Crippen molar-refractivity contribution in [3.8, 4) is 0 Å². The number of nitrogens with one attached hydrogen (secondary N) is 1. The van der Waals surface area contributed by atoms with Gasteiger partial charge in [0.2, 0.25) is 5.91 Å². The van der Waals surface area contributed by atoms with Gasteiger partial charge in [-0.2, -0.15) is 0 Å². The molecular weight excluding hydrogens is 368 g/mol. The normalized spacial score (nSPS) is 26.2. The van der Waals surface area contributed by atoms with Crippen molar-refractivity contribution >= 4 is 21.8 Å². The molecule has 5 heteroatoms. The molecule has 0 spiro atoms. The molecule has 24 heavy (non-hydrogen) atoms. The van der Waals surface area contributed by atoms with Crippen molar-refractivity contribution in [1.82, 2.24) is 5.32 Å². The van der Waals surface area contributed by atoms with Gasteiger partial charge in [0.15, 0.2) is 0 Å². The summed E-state index contributed by atoms with van der Waals surface area (Å²) in [6, 6.07) is 8.59. The predicted octanol–water partition coefficient (Wildman–Crippen LogP) is 3.13. The highest BCUT2D eigenvalue weighted by atomic mass is 79.9. The van der Waals surface area contributed by atoms with E-state index in [1.165, 1.54) is 24.8 Å². The molecule has 3 rings (SSSR count). The molecule has 3 N–H and O–H groups in total. The number of carbonyl (C=O) groups is 1. The summed E-state index contributed by atoms with van der Waals surface area (Å²) in [5.74, 6) is 0.00516. The summed E-state index contributed by atoms with van der Waals surface area (Å²) < 4.78 is 6.65. The number of carbonyl (C=O) groups excluding carboxylic acids is 1. The van der Waals surface area contributed by atoms with Crippen molar-refractivity contribution in [3.63, 3.8) is 0 Å². The van der Waals surface area contributed by atoms with Crippen LogP contribution in [0.2, 0.25) is 0 Å². The molecule has 1 saturated carbocycles. The Morgan fingerprint density at radius 3 is 2.62 bits per heavy atom. The molecule has 0 bridgehead atoms. The zero-order valence-electron chi connectivity index (χ0n) is 14.1. The molecule has 0 aromatic heterocycles. The summed E-state index contributed by atoms with van der Waals surface area (Å²) in [7, 11) is 0. The average Bonchev–Trinajstić information content (AvgIpc) is 3.10. The highest BCUT2D eigenvalue weighted by Crippen LogP contribution is 2.39. The minimum Gasteiger partial charge on any atom is -0.376 e. The van der Waals surface area contributed by atoms with Crippen LogP contribution < -0.4 is 11.1 Å². The van der Waals surface area contributed by atoms with Gasteiger partial charge in [0, 0.05) is 29.6 Å². The lowest BCUT2D eigenvalue weighted by atomic mass is 9.69. The summed E-state index contributed by atoms with van der Waals surface area (Å²) in [6.45, 7) is 1.76. The van der Waals surface area contributed by atoms with Crippen LogP contribution in [-0.2, 0) is 14.9 Å². The van der Waals surface area contributed by atoms with Crippen LogP contribution in [0, 0.1) is 5.92 Å².